The number of nitrogens with zero attached hydrogens (tertiary/aromatic N) is 1. The number of aliphatic hydroxyl groups excluding tert-OH is 1. The average molecular weight is 292 g/mol. The monoisotopic (exact) mass is 291 g/mol. The molecule has 2 aromatic rings. The van der Waals surface area contributed by atoms with Crippen molar-refractivity contribution in [2.45, 2.75) is 18.9 Å². The van der Waals surface area contributed by atoms with Crippen molar-refractivity contribution in [3.63, 3.8) is 0 Å². The van der Waals surface area contributed by atoms with Gasteiger partial charge in [-0.1, -0.05) is 35.9 Å². The third-order valence-corrected chi connectivity index (χ3v) is 3.43. The number of nitro benzene ring substituents is 1. The van der Waals surface area contributed by atoms with Crippen LogP contribution in [0.25, 0.3) is 0 Å². The fourth-order valence-corrected chi connectivity index (χ4v) is 2.35. The van der Waals surface area contributed by atoms with E-state index in [1.807, 2.05) is 12.1 Å². The maximum absolute atomic E-state index is 10.7. The highest BCUT2D eigenvalue weighted by Crippen LogP contribution is 2.30. The van der Waals surface area contributed by atoms with Gasteiger partial charge in [-0.25, -0.2) is 0 Å². The second-order valence-corrected chi connectivity index (χ2v) is 5.05. The Labute approximate surface area is 121 Å². The third-order valence-electron chi connectivity index (χ3n) is 3.17. The summed E-state index contributed by atoms with van der Waals surface area (Å²) in [5.41, 5.74) is 1.78. The molecule has 0 aliphatic carbocycles. The van der Waals surface area contributed by atoms with Crippen LogP contribution in [0.15, 0.2) is 48.5 Å². The lowest BCUT2D eigenvalue weighted by molar-refractivity contribution is -0.384. The van der Waals surface area contributed by atoms with Crippen LogP contribution in [0.2, 0.25) is 5.02 Å². The molecule has 1 N–H and O–H groups in total. The molecule has 2 unspecified atom stereocenters. The van der Waals surface area contributed by atoms with E-state index in [4.69, 9.17) is 11.6 Å². The molecule has 2 aromatic carbocycles. The lowest BCUT2D eigenvalue weighted by Gasteiger charge is -2.21. The minimum atomic E-state index is -0.613. The number of aliphatic hydroxyl groups is 1. The predicted octanol–water partition coefficient (Wildman–Crippen LogP) is 3.76. The van der Waals surface area contributed by atoms with Crippen molar-refractivity contribution in [1.82, 2.24) is 0 Å². The summed E-state index contributed by atoms with van der Waals surface area (Å²) in [5, 5.41) is 21.3. The van der Waals surface area contributed by atoms with Crippen molar-refractivity contribution < 1.29 is 10.0 Å². The Balaban J connectivity index is 2.38. The van der Waals surface area contributed by atoms with Gasteiger partial charge in [0.15, 0.2) is 0 Å². The molecule has 0 heterocycles. The number of nitro groups is 1. The minimum absolute atomic E-state index is 0.0363. The van der Waals surface area contributed by atoms with E-state index in [-0.39, 0.29) is 11.6 Å². The Morgan fingerprint density at radius 2 is 1.50 bits per heavy atom. The summed E-state index contributed by atoms with van der Waals surface area (Å²) >= 11 is 5.86. The van der Waals surface area contributed by atoms with Crippen LogP contribution in [-0.2, 0) is 0 Å². The second-order valence-electron chi connectivity index (χ2n) is 4.62. The number of rotatable bonds is 4. The first kappa shape index (κ1) is 14.5. The van der Waals surface area contributed by atoms with Crippen molar-refractivity contribution in [2.24, 2.45) is 0 Å². The largest absolute Gasteiger partial charge is 0.392 e. The van der Waals surface area contributed by atoms with Gasteiger partial charge >= 0.3 is 0 Å². The molecule has 0 aliphatic heterocycles. The number of hydrogen-bond acceptors (Lipinski definition) is 3. The van der Waals surface area contributed by atoms with Crippen molar-refractivity contribution in [3.8, 4) is 0 Å². The van der Waals surface area contributed by atoms with Crippen molar-refractivity contribution in [3.05, 3.63) is 74.8 Å². The summed E-state index contributed by atoms with van der Waals surface area (Å²) in [6, 6.07) is 13.5. The topological polar surface area (TPSA) is 63.4 Å². The lowest BCUT2D eigenvalue weighted by atomic mass is 9.87. The predicted molar refractivity (Wildman–Crippen MR) is 78.1 cm³/mol. The molecule has 0 bridgehead atoms. The number of non-ortho nitro benzene ring substituents is 1. The molecular weight excluding hydrogens is 278 g/mol. The van der Waals surface area contributed by atoms with Crippen LogP contribution < -0.4 is 0 Å². The molecule has 0 spiro atoms. The highest BCUT2D eigenvalue weighted by molar-refractivity contribution is 6.30. The second kappa shape index (κ2) is 6.03. The van der Waals surface area contributed by atoms with E-state index in [0.29, 0.717) is 5.02 Å². The smallest absolute Gasteiger partial charge is 0.269 e. The molecule has 0 saturated carbocycles. The summed E-state index contributed by atoms with van der Waals surface area (Å²) in [6.07, 6.45) is -0.613. The Kier molecular flexibility index (Phi) is 4.37. The van der Waals surface area contributed by atoms with Gasteiger partial charge in [0.1, 0.15) is 0 Å². The van der Waals surface area contributed by atoms with Gasteiger partial charge < -0.3 is 5.11 Å². The van der Waals surface area contributed by atoms with Gasteiger partial charge in [0.2, 0.25) is 0 Å². The van der Waals surface area contributed by atoms with E-state index in [9.17, 15) is 15.2 Å². The SMILES string of the molecule is CC(O)C(c1ccc(Cl)cc1)c1ccc([N+](=O)[O-])cc1. The van der Waals surface area contributed by atoms with E-state index in [0.717, 1.165) is 11.1 Å². The summed E-state index contributed by atoms with van der Waals surface area (Å²) in [6.45, 7) is 1.70. The normalized spacial score (nSPS) is 13.8. The molecule has 0 amide bonds. The van der Waals surface area contributed by atoms with Gasteiger partial charge in [-0.15, -0.1) is 0 Å². The Hall–Kier alpha value is -1.91. The van der Waals surface area contributed by atoms with Crippen molar-refractivity contribution in [1.29, 1.82) is 0 Å². The molecule has 0 saturated heterocycles. The molecule has 2 atom stereocenters. The van der Waals surface area contributed by atoms with E-state index in [1.54, 1.807) is 31.2 Å². The molecule has 20 heavy (non-hydrogen) atoms. The first-order chi connectivity index (χ1) is 9.49. The van der Waals surface area contributed by atoms with Gasteiger partial charge in [0, 0.05) is 23.1 Å². The highest BCUT2D eigenvalue weighted by atomic mass is 35.5. The highest BCUT2D eigenvalue weighted by Gasteiger charge is 2.20. The zero-order valence-electron chi connectivity index (χ0n) is 10.9. The fraction of sp³-hybridized carbons (Fsp3) is 0.200. The van der Waals surface area contributed by atoms with Crippen LogP contribution in [0.1, 0.15) is 24.0 Å². The van der Waals surface area contributed by atoms with Gasteiger partial charge in [0.05, 0.1) is 11.0 Å². The third kappa shape index (κ3) is 3.15. The van der Waals surface area contributed by atoms with E-state index in [2.05, 4.69) is 0 Å². The van der Waals surface area contributed by atoms with Gasteiger partial charge in [0.25, 0.3) is 5.69 Å². The fourth-order valence-electron chi connectivity index (χ4n) is 2.22. The van der Waals surface area contributed by atoms with Crippen molar-refractivity contribution >= 4 is 17.3 Å². The molecule has 4 nitrogen and oxygen atoms in total. The van der Waals surface area contributed by atoms with Gasteiger partial charge in [-0.3, -0.25) is 10.1 Å². The van der Waals surface area contributed by atoms with Crippen LogP contribution in [0.3, 0.4) is 0 Å². The molecule has 5 heteroatoms. The Bertz CT molecular complexity index is 594. The molecule has 0 aliphatic rings. The van der Waals surface area contributed by atoms with Gasteiger partial charge in [-0.2, -0.15) is 0 Å². The molecule has 104 valence electrons. The zero-order chi connectivity index (χ0) is 14.7. The van der Waals surface area contributed by atoms with Crippen LogP contribution in [-0.4, -0.2) is 16.1 Å². The summed E-state index contributed by atoms with van der Waals surface area (Å²) < 4.78 is 0. The van der Waals surface area contributed by atoms with Gasteiger partial charge in [-0.05, 0) is 30.2 Å². The quantitative estimate of drug-likeness (QED) is 0.689. The molecule has 2 rings (SSSR count). The maximum atomic E-state index is 10.7. The maximum Gasteiger partial charge on any atom is 0.269 e. The van der Waals surface area contributed by atoms with Crippen LogP contribution in [0.4, 0.5) is 5.69 Å². The zero-order valence-corrected chi connectivity index (χ0v) is 11.6. The first-order valence-corrected chi connectivity index (χ1v) is 6.54. The molecular formula is C15H14ClNO3. The molecule has 0 fully saturated rings. The standard InChI is InChI=1S/C15H14ClNO3/c1-10(18)15(11-2-6-13(16)7-3-11)12-4-8-14(9-5-12)17(19)20/h2-10,15,18H,1H3. The Morgan fingerprint density at radius 3 is 1.90 bits per heavy atom. The minimum Gasteiger partial charge on any atom is -0.392 e. The van der Waals surface area contributed by atoms with Crippen molar-refractivity contribution in [2.75, 3.05) is 0 Å². The molecule has 0 radical (unpaired) electrons. The summed E-state index contributed by atoms with van der Waals surface area (Å²) in [4.78, 5) is 10.2. The summed E-state index contributed by atoms with van der Waals surface area (Å²) in [7, 11) is 0. The average Bonchev–Trinajstić information content (AvgIpc) is 2.41. The first-order valence-electron chi connectivity index (χ1n) is 6.17. The molecule has 0 aromatic heterocycles. The van der Waals surface area contributed by atoms with E-state index < -0.39 is 11.0 Å². The van der Waals surface area contributed by atoms with E-state index >= 15 is 0 Å². The number of hydrogen-bond donors (Lipinski definition) is 1. The van der Waals surface area contributed by atoms with E-state index in [1.165, 1.54) is 12.1 Å². The Morgan fingerprint density at radius 1 is 1.05 bits per heavy atom. The van der Waals surface area contributed by atoms with Crippen LogP contribution in [0.5, 0.6) is 0 Å². The van der Waals surface area contributed by atoms with Crippen LogP contribution in [0, 0.1) is 10.1 Å². The summed E-state index contributed by atoms with van der Waals surface area (Å²) in [5.74, 6) is -0.243. The number of halogens is 1. The number of benzene rings is 2. The lowest BCUT2D eigenvalue weighted by Crippen LogP contribution is -2.16. The van der Waals surface area contributed by atoms with Crippen LogP contribution >= 0.6 is 11.6 Å².